The number of nitrogens with zero attached hydrogens (tertiary/aromatic N) is 2. The lowest BCUT2D eigenvalue weighted by Crippen LogP contribution is -2.15. The summed E-state index contributed by atoms with van der Waals surface area (Å²) in [6, 6.07) is 7.39. The number of unbranched alkanes of at least 4 members (excludes halogenated alkanes) is 6. The van der Waals surface area contributed by atoms with Gasteiger partial charge in [0.25, 0.3) is 0 Å². The molecule has 7 nitrogen and oxygen atoms in total. The number of nitrogen functional groups attached to an aromatic ring is 1. The van der Waals surface area contributed by atoms with Crippen LogP contribution >= 0.6 is 0 Å². The van der Waals surface area contributed by atoms with Gasteiger partial charge in [-0.3, -0.25) is 5.32 Å². The number of benzene rings is 1. The highest BCUT2D eigenvalue weighted by Crippen LogP contribution is 2.31. The molecule has 0 saturated carbocycles. The van der Waals surface area contributed by atoms with Crippen molar-refractivity contribution >= 4 is 17.6 Å². The van der Waals surface area contributed by atoms with Crippen molar-refractivity contribution in [2.75, 3.05) is 24.3 Å². The van der Waals surface area contributed by atoms with E-state index in [9.17, 15) is 4.79 Å². The molecule has 33 heavy (non-hydrogen) atoms. The quantitative estimate of drug-likeness (QED) is 0.321. The van der Waals surface area contributed by atoms with Crippen LogP contribution in [0, 0.1) is 0 Å². The summed E-state index contributed by atoms with van der Waals surface area (Å²) in [5, 5.41) is 7.52. The SMILES string of the molecule is CCCCCCCCOc1cc(NC(=O)OCCCC)ccc1-n1nc(C(C)(C)C)cc1N. The number of amides is 1. The smallest absolute Gasteiger partial charge is 0.411 e. The van der Waals surface area contributed by atoms with Crippen molar-refractivity contribution in [2.24, 2.45) is 0 Å². The van der Waals surface area contributed by atoms with Crippen LogP contribution in [0.5, 0.6) is 5.75 Å². The highest BCUT2D eigenvalue weighted by molar-refractivity contribution is 5.85. The predicted molar refractivity (Wildman–Crippen MR) is 135 cm³/mol. The molecule has 0 fully saturated rings. The second-order valence-corrected chi connectivity index (χ2v) is 9.53. The first-order chi connectivity index (χ1) is 15.8. The molecule has 0 atom stereocenters. The second kappa shape index (κ2) is 13.1. The van der Waals surface area contributed by atoms with Gasteiger partial charge < -0.3 is 15.2 Å². The fourth-order valence-corrected chi connectivity index (χ4v) is 3.37. The van der Waals surface area contributed by atoms with E-state index in [0.717, 1.165) is 37.1 Å². The molecule has 3 N–H and O–H groups in total. The summed E-state index contributed by atoms with van der Waals surface area (Å²) in [6.07, 6.45) is 8.46. The van der Waals surface area contributed by atoms with Gasteiger partial charge in [0.15, 0.2) is 0 Å². The lowest BCUT2D eigenvalue weighted by atomic mass is 9.92. The minimum Gasteiger partial charge on any atom is -0.491 e. The molecule has 7 heteroatoms. The molecule has 2 aromatic rings. The van der Waals surface area contributed by atoms with E-state index >= 15 is 0 Å². The van der Waals surface area contributed by atoms with Crippen LogP contribution in [0.3, 0.4) is 0 Å². The molecule has 0 saturated heterocycles. The van der Waals surface area contributed by atoms with Gasteiger partial charge in [-0.15, -0.1) is 0 Å². The van der Waals surface area contributed by atoms with Crippen LogP contribution in [-0.2, 0) is 10.2 Å². The third-order valence-corrected chi connectivity index (χ3v) is 5.43. The topological polar surface area (TPSA) is 91.4 Å². The maximum atomic E-state index is 12.1. The van der Waals surface area contributed by atoms with Crippen molar-refractivity contribution in [3.05, 3.63) is 30.0 Å². The molecule has 0 spiro atoms. The van der Waals surface area contributed by atoms with Crippen LogP contribution in [0.25, 0.3) is 5.69 Å². The van der Waals surface area contributed by atoms with Crippen molar-refractivity contribution in [2.45, 2.75) is 91.4 Å². The molecule has 1 aromatic carbocycles. The van der Waals surface area contributed by atoms with E-state index in [0.29, 0.717) is 30.5 Å². The maximum Gasteiger partial charge on any atom is 0.411 e. The lowest BCUT2D eigenvalue weighted by molar-refractivity contribution is 0.160. The molecular weight excluding hydrogens is 416 g/mol. The first kappa shape index (κ1) is 26.6. The number of nitrogens with one attached hydrogen (secondary N) is 1. The number of aromatic nitrogens is 2. The Balaban J connectivity index is 2.18. The number of anilines is 2. The molecule has 0 aliphatic carbocycles. The first-order valence-electron chi connectivity index (χ1n) is 12.3. The average Bonchev–Trinajstić information content (AvgIpc) is 3.15. The third-order valence-electron chi connectivity index (χ3n) is 5.43. The summed E-state index contributed by atoms with van der Waals surface area (Å²) < 4.78 is 13.1. The number of nitrogens with two attached hydrogens (primary N) is 1. The van der Waals surface area contributed by atoms with Gasteiger partial charge in [-0.1, -0.05) is 73.1 Å². The maximum absolute atomic E-state index is 12.1. The van der Waals surface area contributed by atoms with Crippen LogP contribution in [0.4, 0.5) is 16.3 Å². The van der Waals surface area contributed by atoms with E-state index in [1.165, 1.54) is 25.7 Å². The number of ether oxygens (including phenoxy) is 2. The number of carbonyl (C=O) groups excluding carboxylic acids is 1. The Labute approximate surface area is 199 Å². The summed E-state index contributed by atoms with van der Waals surface area (Å²) in [4.78, 5) is 12.1. The van der Waals surface area contributed by atoms with E-state index in [1.54, 1.807) is 4.68 Å². The Kier molecular flexibility index (Phi) is 10.6. The van der Waals surface area contributed by atoms with Crippen LogP contribution in [-0.4, -0.2) is 29.1 Å². The molecule has 0 aliphatic heterocycles. The van der Waals surface area contributed by atoms with Crippen LogP contribution in [0.1, 0.15) is 91.7 Å². The number of hydrogen-bond donors (Lipinski definition) is 2. The van der Waals surface area contributed by atoms with Gasteiger partial charge in [-0.05, 0) is 25.0 Å². The fraction of sp³-hybridized carbons (Fsp3) is 0.615. The summed E-state index contributed by atoms with van der Waals surface area (Å²) >= 11 is 0. The normalized spacial score (nSPS) is 11.4. The van der Waals surface area contributed by atoms with E-state index < -0.39 is 6.09 Å². The van der Waals surface area contributed by atoms with Gasteiger partial charge in [-0.25, -0.2) is 9.48 Å². The summed E-state index contributed by atoms with van der Waals surface area (Å²) in [7, 11) is 0. The molecule has 1 aromatic heterocycles. The molecule has 0 bridgehead atoms. The second-order valence-electron chi connectivity index (χ2n) is 9.53. The van der Waals surface area contributed by atoms with E-state index in [4.69, 9.17) is 20.3 Å². The van der Waals surface area contributed by atoms with Gasteiger partial charge in [0.05, 0.1) is 18.9 Å². The lowest BCUT2D eigenvalue weighted by Gasteiger charge is -2.16. The molecule has 0 radical (unpaired) electrons. The van der Waals surface area contributed by atoms with Crippen molar-refractivity contribution in [3.8, 4) is 11.4 Å². The third kappa shape index (κ3) is 8.63. The first-order valence-corrected chi connectivity index (χ1v) is 12.3. The standard InChI is InChI=1S/C26H42N4O3/c1-6-8-10-11-12-13-17-32-22-18-20(28-25(31)33-16-9-7-2)14-15-21(22)30-24(27)19-23(29-30)26(3,4)5/h14-15,18-19H,6-13,16-17,27H2,1-5H3,(H,28,31). The van der Waals surface area contributed by atoms with Crippen LogP contribution in [0.2, 0.25) is 0 Å². The Morgan fingerprint density at radius 3 is 2.36 bits per heavy atom. The zero-order chi connectivity index (χ0) is 24.3. The number of rotatable bonds is 13. The van der Waals surface area contributed by atoms with Crippen LogP contribution in [0.15, 0.2) is 24.3 Å². The Morgan fingerprint density at radius 2 is 1.70 bits per heavy atom. The van der Waals surface area contributed by atoms with Crippen molar-refractivity contribution in [1.29, 1.82) is 0 Å². The van der Waals surface area contributed by atoms with Gasteiger partial charge in [0.2, 0.25) is 0 Å². The molecule has 0 aliphatic rings. The van der Waals surface area contributed by atoms with Crippen molar-refractivity contribution < 1.29 is 14.3 Å². The molecule has 1 heterocycles. The van der Waals surface area contributed by atoms with Gasteiger partial charge >= 0.3 is 6.09 Å². The number of carbonyl (C=O) groups is 1. The summed E-state index contributed by atoms with van der Waals surface area (Å²) in [5.41, 5.74) is 8.45. The Hall–Kier alpha value is -2.70. The average molecular weight is 459 g/mol. The van der Waals surface area contributed by atoms with Crippen LogP contribution < -0.4 is 15.8 Å². The fourth-order valence-electron chi connectivity index (χ4n) is 3.37. The zero-order valence-corrected chi connectivity index (χ0v) is 21.1. The highest BCUT2D eigenvalue weighted by Gasteiger charge is 2.21. The van der Waals surface area contributed by atoms with Gasteiger partial charge in [-0.2, -0.15) is 5.10 Å². The van der Waals surface area contributed by atoms with E-state index in [2.05, 4.69) is 39.9 Å². The van der Waals surface area contributed by atoms with E-state index in [-0.39, 0.29) is 5.41 Å². The monoisotopic (exact) mass is 458 g/mol. The summed E-state index contributed by atoms with van der Waals surface area (Å²) in [5.74, 6) is 1.18. The minimum absolute atomic E-state index is 0.122. The predicted octanol–water partition coefficient (Wildman–Crippen LogP) is 6.84. The van der Waals surface area contributed by atoms with Gasteiger partial charge in [0.1, 0.15) is 17.3 Å². The van der Waals surface area contributed by atoms with Crippen molar-refractivity contribution in [1.82, 2.24) is 9.78 Å². The summed E-state index contributed by atoms with van der Waals surface area (Å²) in [6.45, 7) is 11.6. The molecule has 0 unspecified atom stereocenters. The highest BCUT2D eigenvalue weighted by atomic mass is 16.5. The Bertz CT molecular complexity index is 871. The van der Waals surface area contributed by atoms with E-state index in [1.807, 2.05) is 24.3 Å². The largest absolute Gasteiger partial charge is 0.491 e. The van der Waals surface area contributed by atoms with Crippen molar-refractivity contribution in [3.63, 3.8) is 0 Å². The minimum atomic E-state index is -0.466. The zero-order valence-electron chi connectivity index (χ0n) is 21.1. The molecule has 2 rings (SSSR count). The molecule has 1 amide bonds. The molecule has 184 valence electrons. The Morgan fingerprint density at radius 1 is 1.00 bits per heavy atom. The van der Waals surface area contributed by atoms with Gasteiger partial charge in [0, 0.05) is 23.2 Å². The molecular formula is C26H42N4O3. The number of hydrogen-bond acceptors (Lipinski definition) is 5.